The van der Waals surface area contributed by atoms with Crippen molar-refractivity contribution in [2.45, 2.75) is 42.8 Å². The molecular formula is C14H17ClN2OS. The molecule has 2 rings (SSSR count). The predicted octanol–water partition coefficient (Wildman–Crippen LogP) is 3.87. The van der Waals surface area contributed by atoms with Crippen molar-refractivity contribution >= 4 is 35.0 Å². The van der Waals surface area contributed by atoms with Gasteiger partial charge in [-0.3, -0.25) is 4.79 Å². The first-order chi connectivity index (χ1) is 9.15. The van der Waals surface area contributed by atoms with Crippen molar-refractivity contribution < 1.29 is 4.79 Å². The Kier molecular flexibility index (Phi) is 5.28. The molecule has 1 N–H and O–H groups in total. The zero-order chi connectivity index (χ0) is 13.7. The Bertz CT molecular complexity index is 465. The lowest BCUT2D eigenvalue weighted by Crippen LogP contribution is -2.27. The summed E-state index contributed by atoms with van der Waals surface area (Å²) in [6.45, 7) is 1.88. The van der Waals surface area contributed by atoms with E-state index < -0.39 is 0 Å². The minimum Gasteiger partial charge on any atom is -0.272 e. The van der Waals surface area contributed by atoms with E-state index in [4.69, 9.17) is 11.6 Å². The zero-order valence-corrected chi connectivity index (χ0v) is 12.4. The van der Waals surface area contributed by atoms with Crippen LogP contribution < -0.4 is 5.43 Å². The summed E-state index contributed by atoms with van der Waals surface area (Å²) >= 11 is 7.33. The van der Waals surface area contributed by atoms with Gasteiger partial charge in [-0.15, -0.1) is 11.8 Å². The van der Waals surface area contributed by atoms with Crippen molar-refractivity contribution in [2.24, 2.45) is 5.10 Å². The van der Waals surface area contributed by atoms with Crippen LogP contribution in [0.5, 0.6) is 0 Å². The molecule has 1 aromatic rings. The molecule has 0 saturated heterocycles. The minimum atomic E-state index is -0.174. The summed E-state index contributed by atoms with van der Waals surface area (Å²) in [6, 6.07) is 7.49. The van der Waals surface area contributed by atoms with Crippen molar-refractivity contribution in [2.75, 3.05) is 0 Å². The van der Waals surface area contributed by atoms with Gasteiger partial charge in [0.05, 0.1) is 5.25 Å². The maximum atomic E-state index is 11.9. The maximum Gasteiger partial charge on any atom is 0.253 e. The van der Waals surface area contributed by atoms with Gasteiger partial charge in [-0.25, -0.2) is 5.43 Å². The molecule has 3 nitrogen and oxygen atoms in total. The summed E-state index contributed by atoms with van der Waals surface area (Å²) in [5.41, 5.74) is 3.77. The molecule has 0 spiro atoms. The van der Waals surface area contributed by atoms with E-state index in [0.717, 1.165) is 23.4 Å². The molecule has 0 heterocycles. The van der Waals surface area contributed by atoms with Crippen molar-refractivity contribution in [3.8, 4) is 0 Å². The average molecular weight is 297 g/mol. The molecule has 102 valence electrons. The van der Waals surface area contributed by atoms with Crippen molar-refractivity contribution in [1.82, 2.24) is 5.43 Å². The highest BCUT2D eigenvalue weighted by molar-refractivity contribution is 8.00. The number of hydrogen-bond acceptors (Lipinski definition) is 3. The van der Waals surface area contributed by atoms with E-state index in [9.17, 15) is 4.79 Å². The third-order valence-corrected chi connectivity index (χ3v) is 4.36. The quantitative estimate of drug-likeness (QED) is 0.677. The van der Waals surface area contributed by atoms with Crippen LogP contribution in [0.4, 0.5) is 0 Å². The fraction of sp³-hybridized carbons (Fsp3) is 0.429. The molecule has 1 aromatic carbocycles. The number of nitrogens with one attached hydrogen (secondary N) is 1. The van der Waals surface area contributed by atoms with Gasteiger partial charge >= 0.3 is 0 Å². The number of hydrogen-bond donors (Lipinski definition) is 1. The molecule has 1 aliphatic rings. The van der Waals surface area contributed by atoms with E-state index in [2.05, 4.69) is 10.5 Å². The van der Waals surface area contributed by atoms with Gasteiger partial charge < -0.3 is 0 Å². The third kappa shape index (κ3) is 4.55. The van der Waals surface area contributed by atoms with Crippen molar-refractivity contribution in [1.29, 1.82) is 0 Å². The van der Waals surface area contributed by atoms with Gasteiger partial charge in [-0.1, -0.05) is 11.6 Å². The maximum absolute atomic E-state index is 11.9. The Morgan fingerprint density at radius 2 is 1.95 bits per heavy atom. The summed E-state index contributed by atoms with van der Waals surface area (Å²) < 4.78 is 0. The van der Waals surface area contributed by atoms with Gasteiger partial charge in [0.1, 0.15) is 0 Å². The third-order valence-electron chi connectivity index (χ3n) is 3.00. The molecule has 0 aliphatic heterocycles. The van der Waals surface area contributed by atoms with E-state index >= 15 is 0 Å². The van der Waals surface area contributed by atoms with Crippen LogP contribution in [0.15, 0.2) is 34.3 Å². The number of carbonyl (C=O) groups is 1. The highest BCUT2D eigenvalue weighted by Crippen LogP contribution is 2.24. The van der Waals surface area contributed by atoms with Crippen LogP contribution in [0.3, 0.4) is 0 Å². The number of thioether (sulfide) groups is 1. The normalized spacial score (nSPS) is 16.2. The van der Waals surface area contributed by atoms with Crippen LogP contribution in [0, 0.1) is 0 Å². The fourth-order valence-corrected chi connectivity index (χ4v) is 2.88. The topological polar surface area (TPSA) is 41.5 Å². The molecule has 19 heavy (non-hydrogen) atoms. The lowest BCUT2D eigenvalue weighted by molar-refractivity contribution is -0.120. The van der Waals surface area contributed by atoms with E-state index in [1.165, 1.54) is 24.6 Å². The summed E-state index contributed by atoms with van der Waals surface area (Å²) in [4.78, 5) is 12.9. The molecule has 1 fully saturated rings. The predicted molar refractivity (Wildman–Crippen MR) is 80.8 cm³/mol. The van der Waals surface area contributed by atoms with E-state index in [1.54, 1.807) is 0 Å². The smallest absolute Gasteiger partial charge is 0.253 e. The minimum absolute atomic E-state index is 0.0562. The average Bonchev–Trinajstić information content (AvgIpc) is 2.91. The van der Waals surface area contributed by atoms with Crippen molar-refractivity contribution in [3.05, 3.63) is 29.3 Å². The number of carbonyl (C=O) groups excluding carboxylic acids is 1. The van der Waals surface area contributed by atoms with Gasteiger partial charge in [0.2, 0.25) is 0 Å². The molecule has 0 bridgehead atoms. The van der Waals surface area contributed by atoms with Crippen LogP contribution in [0.1, 0.15) is 32.6 Å². The summed E-state index contributed by atoms with van der Waals surface area (Å²) in [5.74, 6) is -0.0562. The van der Waals surface area contributed by atoms with Crippen LogP contribution in [0.2, 0.25) is 5.02 Å². The molecule has 0 radical (unpaired) electrons. The number of benzene rings is 1. The highest BCUT2D eigenvalue weighted by atomic mass is 35.5. The van der Waals surface area contributed by atoms with Gasteiger partial charge in [-0.2, -0.15) is 5.10 Å². The molecule has 1 amide bonds. The van der Waals surface area contributed by atoms with Gasteiger partial charge in [0.25, 0.3) is 5.91 Å². The van der Waals surface area contributed by atoms with E-state index in [0.29, 0.717) is 5.02 Å². The van der Waals surface area contributed by atoms with Crippen LogP contribution >= 0.6 is 23.4 Å². The van der Waals surface area contributed by atoms with Gasteiger partial charge in [0, 0.05) is 15.6 Å². The lowest BCUT2D eigenvalue weighted by atomic mass is 10.3. The van der Waals surface area contributed by atoms with Gasteiger partial charge in [0.15, 0.2) is 0 Å². The molecule has 0 aromatic heterocycles. The Hall–Kier alpha value is -1.00. The number of halogens is 1. The van der Waals surface area contributed by atoms with Crippen LogP contribution in [0.25, 0.3) is 0 Å². The first-order valence-corrected chi connectivity index (χ1v) is 7.68. The second-order valence-corrected chi connectivity index (χ2v) is 6.43. The Labute approximate surface area is 122 Å². The second kappa shape index (κ2) is 6.96. The number of amides is 1. The summed E-state index contributed by atoms with van der Waals surface area (Å²) in [7, 11) is 0. The number of hydrazone groups is 1. The Morgan fingerprint density at radius 1 is 1.32 bits per heavy atom. The largest absolute Gasteiger partial charge is 0.272 e. The molecule has 5 heteroatoms. The van der Waals surface area contributed by atoms with Gasteiger partial charge in [-0.05, 0) is 56.9 Å². The first-order valence-electron chi connectivity index (χ1n) is 6.42. The molecule has 0 unspecified atom stereocenters. The number of rotatable bonds is 4. The van der Waals surface area contributed by atoms with Crippen LogP contribution in [-0.4, -0.2) is 16.9 Å². The Morgan fingerprint density at radius 3 is 2.58 bits per heavy atom. The summed E-state index contributed by atoms with van der Waals surface area (Å²) in [6.07, 6.45) is 4.39. The zero-order valence-electron chi connectivity index (χ0n) is 10.9. The van der Waals surface area contributed by atoms with Crippen LogP contribution in [-0.2, 0) is 4.79 Å². The Balaban J connectivity index is 1.85. The monoisotopic (exact) mass is 296 g/mol. The second-order valence-electron chi connectivity index (χ2n) is 4.58. The van der Waals surface area contributed by atoms with E-state index in [1.807, 2.05) is 31.2 Å². The SMILES string of the molecule is C[C@@H](Sc1ccc(Cl)cc1)C(=O)NN=C1CCCC1. The molecular weight excluding hydrogens is 280 g/mol. The van der Waals surface area contributed by atoms with Crippen molar-refractivity contribution in [3.63, 3.8) is 0 Å². The standard InChI is InChI=1S/C14H17ClN2OS/c1-10(19-13-8-6-11(15)7-9-13)14(18)17-16-12-4-2-3-5-12/h6-10H,2-5H2,1H3,(H,17,18)/t10-/m1/s1. The highest BCUT2D eigenvalue weighted by Gasteiger charge is 2.15. The molecule has 1 atom stereocenters. The lowest BCUT2D eigenvalue weighted by Gasteiger charge is -2.09. The fourth-order valence-electron chi connectivity index (χ4n) is 1.89. The number of nitrogens with zero attached hydrogens (tertiary/aromatic N) is 1. The molecule has 1 saturated carbocycles. The van der Waals surface area contributed by atoms with E-state index in [-0.39, 0.29) is 11.2 Å². The first kappa shape index (κ1) is 14.4. The molecule has 1 aliphatic carbocycles. The summed E-state index contributed by atoms with van der Waals surface area (Å²) in [5, 5.41) is 4.71.